The van der Waals surface area contributed by atoms with Gasteiger partial charge >= 0.3 is 0 Å². The molecule has 0 spiro atoms. The first kappa shape index (κ1) is 10.3. The van der Waals surface area contributed by atoms with Crippen LogP contribution in [0.3, 0.4) is 0 Å². The van der Waals surface area contributed by atoms with Gasteiger partial charge in [0.25, 0.3) is 11.0 Å². The van der Waals surface area contributed by atoms with E-state index >= 15 is 0 Å². The fraction of sp³-hybridized carbons (Fsp3) is 0.0769. The molecule has 3 rings (SSSR count). The Kier molecular flexibility index (Phi) is 2.16. The van der Waals surface area contributed by atoms with Gasteiger partial charge < -0.3 is 4.98 Å². The second-order valence-corrected chi connectivity index (χ2v) is 4.54. The van der Waals surface area contributed by atoms with Crippen LogP contribution in [0.1, 0.15) is 5.56 Å². The first-order valence-electron chi connectivity index (χ1n) is 5.29. The van der Waals surface area contributed by atoms with Crippen molar-refractivity contribution in [3.8, 4) is 0 Å². The summed E-state index contributed by atoms with van der Waals surface area (Å²) >= 11 is 5.91. The molecule has 0 aliphatic heterocycles. The van der Waals surface area contributed by atoms with E-state index in [0.717, 1.165) is 21.0 Å². The van der Waals surface area contributed by atoms with Gasteiger partial charge in [-0.3, -0.25) is 0 Å². The second kappa shape index (κ2) is 3.57. The van der Waals surface area contributed by atoms with Crippen LogP contribution in [0.5, 0.6) is 0 Å². The molecule has 0 fully saturated rings. The molecule has 3 nitrogen and oxygen atoms in total. The largest absolute Gasteiger partial charge is 0.344 e. The third kappa shape index (κ3) is 1.59. The Balaban J connectivity index is 2.58. The molecule has 3 aromatic rings. The lowest BCUT2D eigenvalue weighted by Gasteiger charge is -1.97. The summed E-state index contributed by atoms with van der Waals surface area (Å²) in [5.74, 6) is 0. The molecule has 1 heterocycles. The lowest BCUT2D eigenvalue weighted by atomic mass is 10.2. The van der Waals surface area contributed by atoms with Gasteiger partial charge in [-0.15, -0.1) is 0 Å². The highest BCUT2D eigenvalue weighted by Crippen LogP contribution is 2.18. The minimum Gasteiger partial charge on any atom is -0.344 e. The third-order valence-corrected chi connectivity index (χ3v) is 3.06. The maximum absolute atomic E-state index is 12.2. The van der Waals surface area contributed by atoms with Gasteiger partial charge in [0.15, 0.2) is 0 Å². The normalized spacial score (nSPS) is 11.2. The number of hydrogen-bond acceptors (Lipinski definition) is 1. The molecule has 4 heteroatoms. The number of aromatic nitrogens is 2. The van der Waals surface area contributed by atoms with Crippen molar-refractivity contribution in [3.05, 3.63) is 51.9 Å². The molecule has 0 radical (unpaired) electrons. The standard InChI is InChI=1S/C13H10ClN2O/c1-8-2-4-10-12(6-8)16(17)13-7-9(14)3-5-11(13)15-10/h2-7H,1H3,(H,15,17)/q+1. The molecule has 0 atom stereocenters. The number of hydrogen-bond donors (Lipinski definition) is 1. The molecule has 1 N–H and O–H groups in total. The van der Waals surface area contributed by atoms with Gasteiger partial charge in [0.1, 0.15) is 11.0 Å². The zero-order chi connectivity index (χ0) is 12.0. The van der Waals surface area contributed by atoms with Gasteiger partial charge in [-0.1, -0.05) is 17.7 Å². The van der Waals surface area contributed by atoms with Crippen LogP contribution in [0.4, 0.5) is 0 Å². The molecule has 17 heavy (non-hydrogen) atoms. The Morgan fingerprint density at radius 1 is 1.06 bits per heavy atom. The van der Waals surface area contributed by atoms with Crippen molar-refractivity contribution >= 4 is 33.7 Å². The molecule has 0 saturated heterocycles. The summed E-state index contributed by atoms with van der Waals surface area (Å²) in [5.41, 5.74) is 3.83. The van der Waals surface area contributed by atoms with Crippen molar-refractivity contribution < 1.29 is 4.43 Å². The fourth-order valence-corrected chi connectivity index (χ4v) is 2.14. The van der Waals surface area contributed by atoms with Crippen molar-refractivity contribution in [1.29, 1.82) is 0 Å². The molecule has 0 unspecified atom stereocenters. The molecule has 84 valence electrons. The SMILES string of the molecule is Cc1ccc2[nH]c3ccc(Cl)cc3[n+](=O)c2c1. The first-order valence-corrected chi connectivity index (χ1v) is 5.67. The van der Waals surface area contributed by atoms with Crippen LogP contribution in [0.25, 0.3) is 22.1 Å². The van der Waals surface area contributed by atoms with E-state index in [2.05, 4.69) is 4.98 Å². The van der Waals surface area contributed by atoms with E-state index in [1.54, 1.807) is 12.1 Å². The van der Waals surface area contributed by atoms with E-state index in [0.29, 0.717) is 16.1 Å². The lowest BCUT2D eigenvalue weighted by Crippen LogP contribution is -2.17. The van der Waals surface area contributed by atoms with Crippen LogP contribution in [0.15, 0.2) is 36.4 Å². The van der Waals surface area contributed by atoms with Gasteiger partial charge in [0.05, 0.1) is 4.43 Å². The van der Waals surface area contributed by atoms with Crippen LogP contribution in [-0.2, 0) is 0 Å². The molecule has 0 aliphatic rings. The molecule has 0 bridgehead atoms. The minimum absolute atomic E-state index is 0.551. The lowest BCUT2D eigenvalue weighted by molar-refractivity contribution is -0.432. The van der Waals surface area contributed by atoms with Gasteiger partial charge in [0, 0.05) is 22.1 Å². The predicted octanol–water partition coefficient (Wildman–Crippen LogP) is 3.20. The number of halogens is 1. The van der Waals surface area contributed by atoms with Crippen LogP contribution in [0, 0.1) is 11.8 Å². The number of rotatable bonds is 0. The van der Waals surface area contributed by atoms with Crippen LogP contribution in [0.2, 0.25) is 5.02 Å². The molecular weight excluding hydrogens is 236 g/mol. The number of benzene rings is 2. The number of aryl methyl sites for hydroxylation is 1. The summed E-state index contributed by atoms with van der Waals surface area (Å²) in [6, 6.07) is 11.0. The molecule has 0 saturated carbocycles. The summed E-state index contributed by atoms with van der Waals surface area (Å²) in [6.07, 6.45) is 0. The molecule has 0 amide bonds. The quantitative estimate of drug-likeness (QED) is 0.479. The zero-order valence-corrected chi connectivity index (χ0v) is 9.95. The third-order valence-electron chi connectivity index (χ3n) is 2.82. The summed E-state index contributed by atoms with van der Waals surface area (Å²) < 4.78 is 0.917. The van der Waals surface area contributed by atoms with Gasteiger partial charge in [0.2, 0.25) is 0 Å². The molecular formula is C13H10ClN2O+. The Morgan fingerprint density at radius 2 is 1.71 bits per heavy atom. The zero-order valence-electron chi connectivity index (χ0n) is 9.20. The fourth-order valence-electron chi connectivity index (χ4n) is 1.97. The topological polar surface area (TPSA) is 38.8 Å². The summed E-state index contributed by atoms with van der Waals surface area (Å²) in [7, 11) is 0. The Morgan fingerprint density at radius 3 is 2.47 bits per heavy atom. The summed E-state index contributed by atoms with van der Waals surface area (Å²) in [5, 5.41) is 0.558. The number of H-pyrrole nitrogens is 1. The Labute approximate surface area is 102 Å². The monoisotopic (exact) mass is 245 g/mol. The van der Waals surface area contributed by atoms with E-state index in [9.17, 15) is 4.91 Å². The molecule has 1 aromatic heterocycles. The minimum atomic E-state index is 0.551. The number of aromatic amines is 1. The number of nitrogens with zero attached hydrogens (tertiary/aromatic N) is 1. The first-order chi connectivity index (χ1) is 8.15. The summed E-state index contributed by atoms with van der Waals surface area (Å²) in [4.78, 5) is 15.5. The second-order valence-electron chi connectivity index (χ2n) is 4.10. The van der Waals surface area contributed by atoms with Crippen molar-refractivity contribution in [1.82, 2.24) is 4.98 Å². The van der Waals surface area contributed by atoms with Crippen molar-refractivity contribution in [2.45, 2.75) is 6.92 Å². The van der Waals surface area contributed by atoms with E-state index < -0.39 is 0 Å². The maximum Gasteiger partial charge on any atom is 0.288 e. The average Bonchev–Trinajstić information content (AvgIpc) is 2.32. The van der Waals surface area contributed by atoms with Crippen LogP contribution < -0.4 is 4.43 Å². The summed E-state index contributed by atoms with van der Waals surface area (Å²) in [6.45, 7) is 1.96. The number of fused-ring (bicyclic) bond motifs is 2. The van der Waals surface area contributed by atoms with Gasteiger partial charge in [-0.2, -0.15) is 0 Å². The predicted molar refractivity (Wildman–Crippen MR) is 68.9 cm³/mol. The highest BCUT2D eigenvalue weighted by molar-refractivity contribution is 6.31. The average molecular weight is 246 g/mol. The van der Waals surface area contributed by atoms with E-state index in [1.807, 2.05) is 31.2 Å². The Bertz CT molecular complexity index is 729. The van der Waals surface area contributed by atoms with E-state index in [1.165, 1.54) is 0 Å². The van der Waals surface area contributed by atoms with Crippen LogP contribution >= 0.6 is 11.6 Å². The highest BCUT2D eigenvalue weighted by atomic mass is 35.5. The molecule has 2 aromatic carbocycles. The van der Waals surface area contributed by atoms with Crippen molar-refractivity contribution in [2.24, 2.45) is 0 Å². The Hall–Kier alpha value is -1.87. The smallest absolute Gasteiger partial charge is 0.288 e. The van der Waals surface area contributed by atoms with E-state index in [4.69, 9.17) is 11.6 Å². The maximum atomic E-state index is 12.2. The van der Waals surface area contributed by atoms with Crippen molar-refractivity contribution in [2.75, 3.05) is 0 Å². The number of nitrogens with one attached hydrogen (secondary N) is 1. The van der Waals surface area contributed by atoms with Gasteiger partial charge in [-0.05, 0) is 30.7 Å². The highest BCUT2D eigenvalue weighted by Gasteiger charge is 2.14. The van der Waals surface area contributed by atoms with Crippen LogP contribution in [-0.4, -0.2) is 4.98 Å². The van der Waals surface area contributed by atoms with Gasteiger partial charge in [-0.25, -0.2) is 0 Å². The van der Waals surface area contributed by atoms with E-state index in [-0.39, 0.29) is 0 Å². The molecule has 0 aliphatic carbocycles. The van der Waals surface area contributed by atoms with Crippen molar-refractivity contribution in [3.63, 3.8) is 0 Å².